The van der Waals surface area contributed by atoms with Crippen molar-refractivity contribution in [3.8, 4) is 0 Å². The summed E-state index contributed by atoms with van der Waals surface area (Å²) in [4.78, 5) is 23.9. The van der Waals surface area contributed by atoms with Gasteiger partial charge in [-0.1, -0.05) is 0 Å². The zero-order chi connectivity index (χ0) is 13.8. The van der Waals surface area contributed by atoms with E-state index in [-0.39, 0.29) is 43.4 Å². The van der Waals surface area contributed by atoms with Gasteiger partial charge < -0.3 is 14.7 Å². The molecule has 0 aliphatic carbocycles. The van der Waals surface area contributed by atoms with Gasteiger partial charge in [-0.25, -0.2) is 8.42 Å². The van der Waals surface area contributed by atoms with E-state index in [9.17, 15) is 18.0 Å². The number of nitrogens with zero attached hydrogens (tertiary/aromatic N) is 1. The first-order valence-electron chi connectivity index (χ1n) is 5.56. The quantitative estimate of drug-likeness (QED) is 0.701. The van der Waals surface area contributed by atoms with Gasteiger partial charge in [-0.15, -0.1) is 0 Å². The van der Waals surface area contributed by atoms with Crippen LogP contribution in [0.3, 0.4) is 0 Å². The van der Waals surface area contributed by atoms with E-state index < -0.39 is 21.8 Å². The molecule has 8 heteroatoms. The van der Waals surface area contributed by atoms with Crippen LogP contribution in [0.5, 0.6) is 0 Å². The molecule has 1 atom stereocenters. The van der Waals surface area contributed by atoms with E-state index >= 15 is 0 Å². The van der Waals surface area contributed by atoms with Crippen LogP contribution >= 0.6 is 0 Å². The fraction of sp³-hybridized carbons (Fsp3) is 0.800. The highest BCUT2D eigenvalue weighted by Gasteiger charge is 2.34. The lowest BCUT2D eigenvalue weighted by atomic mass is 10.2. The molecule has 1 aliphatic rings. The number of sulfone groups is 1. The maximum Gasteiger partial charge on any atom is 0.305 e. The first-order chi connectivity index (χ1) is 8.35. The largest absolute Gasteiger partial charge is 0.481 e. The molecule has 0 aromatic heterocycles. The van der Waals surface area contributed by atoms with E-state index in [1.165, 1.54) is 12.0 Å². The molecule has 1 rings (SSSR count). The lowest BCUT2D eigenvalue weighted by molar-refractivity contribution is -0.140. The first-order valence-corrected chi connectivity index (χ1v) is 7.38. The SMILES string of the molecule is COCCC(=O)N1CCS(=O)(=O)CC1CC(=O)O. The Kier molecular flexibility index (Phi) is 5.09. The fourth-order valence-electron chi connectivity index (χ4n) is 1.92. The number of carboxylic acids is 1. The summed E-state index contributed by atoms with van der Waals surface area (Å²) in [5.41, 5.74) is 0. The number of hydrogen-bond donors (Lipinski definition) is 1. The Morgan fingerprint density at radius 1 is 1.44 bits per heavy atom. The van der Waals surface area contributed by atoms with Gasteiger partial charge in [0, 0.05) is 13.7 Å². The van der Waals surface area contributed by atoms with Gasteiger partial charge in [-0.2, -0.15) is 0 Å². The molecule has 1 saturated heterocycles. The maximum absolute atomic E-state index is 11.8. The Hall–Kier alpha value is -1.15. The van der Waals surface area contributed by atoms with Gasteiger partial charge in [-0.05, 0) is 0 Å². The van der Waals surface area contributed by atoms with Gasteiger partial charge in [0.2, 0.25) is 5.91 Å². The van der Waals surface area contributed by atoms with Gasteiger partial charge in [0.15, 0.2) is 9.84 Å². The second-order valence-corrected chi connectivity index (χ2v) is 6.42. The molecular weight excluding hydrogens is 262 g/mol. The topological polar surface area (TPSA) is 101 Å². The molecular formula is C10H17NO6S. The van der Waals surface area contributed by atoms with Crippen molar-refractivity contribution in [3.05, 3.63) is 0 Å². The highest BCUT2D eigenvalue weighted by atomic mass is 32.2. The highest BCUT2D eigenvalue weighted by Crippen LogP contribution is 2.16. The molecule has 0 aromatic carbocycles. The van der Waals surface area contributed by atoms with E-state index in [0.29, 0.717) is 0 Å². The van der Waals surface area contributed by atoms with Crippen LogP contribution in [-0.2, 0) is 24.2 Å². The van der Waals surface area contributed by atoms with Crippen LogP contribution in [0.2, 0.25) is 0 Å². The first kappa shape index (κ1) is 14.9. The smallest absolute Gasteiger partial charge is 0.305 e. The summed E-state index contributed by atoms with van der Waals surface area (Å²) in [5.74, 6) is -1.76. The van der Waals surface area contributed by atoms with Crippen molar-refractivity contribution < 1.29 is 27.9 Å². The van der Waals surface area contributed by atoms with Crippen molar-refractivity contribution in [2.24, 2.45) is 0 Å². The molecule has 0 radical (unpaired) electrons. The number of carbonyl (C=O) groups excluding carboxylic acids is 1. The fourth-order valence-corrected chi connectivity index (χ4v) is 3.44. The molecule has 1 heterocycles. The molecule has 104 valence electrons. The summed E-state index contributed by atoms with van der Waals surface area (Å²) >= 11 is 0. The van der Waals surface area contributed by atoms with E-state index in [1.807, 2.05) is 0 Å². The van der Waals surface area contributed by atoms with Crippen LogP contribution in [0.4, 0.5) is 0 Å². The molecule has 7 nitrogen and oxygen atoms in total. The predicted octanol–water partition coefficient (Wildman–Crippen LogP) is -0.877. The lowest BCUT2D eigenvalue weighted by Crippen LogP contribution is -2.52. The number of aliphatic carboxylic acids is 1. The monoisotopic (exact) mass is 279 g/mol. The van der Waals surface area contributed by atoms with Crippen molar-refractivity contribution in [1.29, 1.82) is 0 Å². The zero-order valence-electron chi connectivity index (χ0n) is 10.2. The van der Waals surface area contributed by atoms with Crippen LogP contribution in [0, 0.1) is 0 Å². The van der Waals surface area contributed by atoms with Crippen LogP contribution in [0.1, 0.15) is 12.8 Å². The van der Waals surface area contributed by atoms with Gasteiger partial charge >= 0.3 is 5.97 Å². The average molecular weight is 279 g/mol. The normalized spacial score (nSPS) is 22.7. The maximum atomic E-state index is 11.8. The number of carboxylic acid groups (broad SMARTS) is 1. The summed E-state index contributed by atoms with van der Waals surface area (Å²) in [6.45, 7) is 0.296. The molecule has 0 aromatic rings. The van der Waals surface area contributed by atoms with Crippen molar-refractivity contribution in [1.82, 2.24) is 4.90 Å². The minimum atomic E-state index is -3.25. The van der Waals surface area contributed by atoms with Gasteiger partial charge in [0.1, 0.15) is 0 Å². The molecule has 0 spiro atoms. The summed E-state index contributed by atoms with van der Waals surface area (Å²) in [6.07, 6.45) is -0.218. The van der Waals surface area contributed by atoms with Crippen molar-refractivity contribution in [2.45, 2.75) is 18.9 Å². The molecule has 0 saturated carbocycles. The number of carbonyl (C=O) groups is 2. The molecule has 1 fully saturated rings. The summed E-state index contributed by atoms with van der Waals surface area (Å²) in [6, 6.07) is -0.773. The van der Waals surface area contributed by atoms with Gasteiger partial charge in [0.25, 0.3) is 0 Å². The van der Waals surface area contributed by atoms with Gasteiger partial charge in [-0.3, -0.25) is 9.59 Å². The number of ether oxygens (including phenoxy) is 1. The Balaban J connectivity index is 2.74. The Labute approximate surface area is 106 Å². The standard InChI is InChI=1S/C10H17NO6S/c1-17-4-2-9(12)11-3-5-18(15,16)7-8(11)6-10(13)14/h8H,2-7H2,1H3,(H,13,14). The third kappa shape index (κ3) is 4.26. The highest BCUT2D eigenvalue weighted by molar-refractivity contribution is 7.91. The molecule has 1 aliphatic heterocycles. The molecule has 0 bridgehead atoms. The number of methoxy groups -OCH3 is 1. The van der Waals surface area contributed by atoms with E-state index in [4.69, 9.17) is 9.84 Å². The number of hydrogen-bond acceptors (Lipinski definition) is 5. The lowest BCUT2D eigenvalue weighted by Gasteiger charge is -2.34. The number of amides is 1. The van der Waals surface area contributed by atoms with Crippen LogP contribution < -0.4 is 0 Å². The minimum Gasteiger partial charge on any atom is -0.481 e. The van der Waals surface area contributed by atoms with Gasteiger partial charge in [0.05, 0.1) is 37.0 Å². The van der Waals surface area contributed by atoms with Crippen molar-refractivity contribution in [2.75, 3.05) is 31.8 Å². The van der Waals surface area contributed by atoms with E-state index in [1.54, 1.807) is 0 Å². The Bertz CT molecular complexity index is 418. The third-order valence-electron chi connectivity index (χ3n) is 2.78. The van der Waals surface area contributed by atoms with Crippen LogP contribution in [0.25, 0.3) is 0 Å². The average Bonchev–Trinajstić information content (AvgIpc) is 2.24. The number of rotatable bonds is 5. The van der Waals surface area contributed by atoms with Crippen LogP contribution in [-0.4, -0.2) is 68.1 Å². The van der Waals surface area contributed by atoms with Crippen LogP contribution in [0.15, 0.2) is 0 Å². The Morgan fingerprint density at radius 3 is 2.67 bits per heavy atom. The third-order valence-corrected chi connectivity index (χ3v) is 4.48. The predicted molar refractivity (Wildman–Crippen MR) is 62.9 cm³/mol. The molecule has 18 heavy (non-hydrogen) atoms. The summed E-state index contributed by atoms with van der Waals surface area (Å²) in [5, 5.41) is 8.75. The molecule has 1 amide bonds. The van der Waals surface area contributed by atoms with Crippen molar-refractivity contribution >= 4 is 21.7 Å². The second kappa shape index (κ2) is 6.14. The van der Waals surface area contributed by atoms with E-state index in [2.05, 4.69) is 0 Å². The summed E-state index contributed by atoms with van der Waals surface area (Å²) < 4.78 is 27.7. The Morgan fingerprint density at radius 2 is 2.11 bits per heavy atom. The van der Waals surface area contributed by atoms with Crippen molar-refractivity contribution in [3.63, 3.8) is 0 Å². The molecule has 1 unspecified atom stereocenters. The van der Waals surface area contributed by atoms with E-state index in [0.717, 1.165) is 0 Å². The summed E-state index contributed by atoms with van der Waals surface area (Å²) in [7, 11) is -1.79. The molecule has 1 N–H and O–H groups in total. The minimum absolute atomic E-state index is 0.0584. The zero-order valence-corrected chi connectivity index (χ0v) is 11.0. The second-order valence-electron chi connectivity index (χ2n) is 4.20.